The van der Waals surface area contributed by atoms with Gasteiger partial charge in [-0.1, -0.05) is 18.2 Å². The van der Waals surface area contributed by atoms with E-state index in [1.54, 1.807) is 36.4 Å². The smallest absolute Gasteiger partial charge is 0.347 e. The molecule has 10 heteroatoms. The van der Waals surface area contributed by atoms with Gasteiger partial charge in [0.05, 0.1) is 20.7 Å². The molecule has 0 aliphatic carbocycles. The normalized spacial score (nSPS) is 11.3. The molecule has 9 nitrogen and oxygen atoms in total. The number of non-ortho nitro benzene ring substituents is 1. The predicted molar refractivity (Wildman–Crippen MR) is 110 cm³/mol. The van der Waals surface area contributed by atoms with Crippen LogP contribution in [0.4, 0.5) is 11.4 Å². The van der Waals surface area contributed by atoms with Crippen molar-refractivity contribution in [3.05, 3.63) is 93.3 Å². The second-order valence-electron chi connectivity index (χ2n) is 6.26. The monoisotopic (exact) mass is 423 g/mol. The van der Waals surface area contributed by atoms with Crippen molar-refractivity contribution in [2.75, 3.05) is 4.72 Å². The van der Waals surface area contributed by atoms with Crippen LogP contribution in [-0.4, -0.2) is 18.3 Å². The van der Waals surface area contributed by atoms with E-state index in [0.29, 0.717) is 16.5 Å². The highest BCUT2D eigenvalue weighted by Gasteiger charge is 2.17. The average molecular weight is 423 g/mol. The lowest BCUT2D eigenvalue weighted by atomic mass is 10.2. The Hall–Kier alpha value is -4.05. The van der Waals surface area contributed by atoms with Gasteiger partial charge in [-0.05, 0) is 42.5 Å². The van der Waals surface area contributed by atoms with Gasteiger partial charge in [0.1, 0.15) is 0 Å². The van der Waals surface area contributed by atoms with Gasteiger partial charge >= 0.3 is 5.63 Å². The number of rotatable bonds is 5. The first-order chi connectivity index (χ1) is 14.3. The molecular formula is C20H13N3O6S. The van der Waals surface area contributed by atoms with Crippen molar-refractivity contribution in [2.45, 2.75) is 4.90 Å². The molecule has 30 heavy (non-hydrogen) atoms. The summed E-state index contributed by atoms with van der Waals surface area (Å²) >= 11 is 0. The van der Waals surface area contributed by atoms with Crippen LogP contribution in [0.3, 0.4) is 0 Å². The Balaban J connectivity index is 1.67. The molecule has 3 aromatic carbocycles. The van der Waals surface area contributed by atoms with E-state index in [-0.39, 0.29) is 22.2 Å². The maximum absolute atomic E-state index is 12.6. The van der Waals surface area contributed by atoms with E-state index < -0.39 is 20.6 Å². The first-order valence-corrected chi connectivity index (χ1v) is 10.1. The molecule has 0 atom stereocenters. The molecule has 0 unspecified atom stereocenters. The van der Waals surface area contributed by atoms with Crippen molar-refractivity contribution >= 4 is 32.3 Å². The number of nitrogens with zero attached hydrogens (tertiary/aromatic N) is 2. The lowest BCUT2D eigenvalue weighted by Gasteiger charge is -2.09. The van der Waals surface area contributed by atoms with Gasteiger partial charge in [0.2, 0.25) is 5.89 Å². The first-order valence-electron chi connectivity index (χ1n) is 8.61. The zero-order chi connectivity index (χ0) is 21.3. The van der Waals surface area contributed by atoms with E-state index in [0.717, 1.165) is 24.3 Å². The summed E-state index contributed by atoms with van der Waals surface area (Å²) in [5.74, 6) is 0.0510. The molecule has 1 heterocycles. The van der Waals surface area contributed by atoms with Gasteiger partial charge in [0.15, 0.2) is 0 Å². The Morgan fingerprint density at radius 3 is 2.43 bits per heavy atom. The summed E-state index contributed by atoms with van der Waals surface area (Å²) in [5.41, 5.74) is 0.312. The zero-order valence-electron chi connectivity index (χ0n) is 15.2. The fourth-order valence-corrected chi connectivity index (χ4v) is 3.87. The van der Waals surface area contributed by atoms with Crippen LogP contribution < -0.4 is 10.3 Å². The predicted octanol–water partition coefficient (Wildman–Crippen LogP) is 3.56. The van der Waals surface area contributed by atoms with Crippen LogP contribution in [0.25, 0.3) is 22.4 Å². The first kappa shape index (κ1) is 19.3. The Bertz CT molecular complexity index is 1430. The summed E-state index contributed by atoms with van der Waals surface area (Å²) in [6.07, 6.45) is 0. The van der Waals surface area contributed by atoms with E-state index in [4.69, 9.17) is 4.42 Å². The van der Waals surface area contributed by atoms with Gasteiger partial charge < -0.3 is 4.42 Å². The average Bonchev–Trinajstić information content (AvgIpc) is 2.73. The van der Waals surface area contributed by atoms with Crippen LogP contribution in [0, 0.1) is 10.1 Å². The molecule has 150 valence electrons. The van der Waals surface area contributed by atoms with Crippen LogP contribution >= 0.6 is 0 Å². The standard InChI is InChI=1S/C20H13N3O6S/c24-20-17-6-1-2-7-18(17)21-19(29-20)13-4-3-5-14(12-13)22-30(27,28)16-10-8-15(9-11-16)23(25)26/h1-12,22H. The lowest BCUT2D eigenvalue weighted by molar-refractivity contribution is -0.384. The number of nitro benzene ring substituents is 1. The van der Waals surface area contributed by atoms with E-state index >= 15 is 0 Å². The SMILES string of the molecule is O=c1oc(-c2cccc(NS(=O)(=O)c3ccc([N+](=O)[O-])cc3)c2)nc2ccccc12. The molecule has 0 bridgehead atoms. The third-order valence-electron chi connectivity index (χ3n) is 4.25. The fourth-order valence-electron chi connectivity index (χ4n) is 2.82. The molecule has 0 spiro atoms. The molecule has 0 aliphatic heterocycles. The number of benzene rings is 3. The zero-order valence-corrected chi connectivity index (χ0v) is 16.0. The number of anilines is 1. The van der Waals surface area contributed by atoms with E-state index in [1.807, 2.05) is 0 Å². The van der Waals surface area contributed by atoms with Crippen LogP contribution in [0.1, 0.15) is 0 Å². The minimum Gasteiger partial charge on any atom is -0.403 e. The second kappa shape index (κ2) is 7.41. The number of nitro groups is 1. The Labute approximate surface area is 169 Å². The lowest BCUT2D eigenvalue weighted by Crippen LogP contribution is -2.13. The molecule has 0 radical (unpaired) electrons. The molecule has 0 fully saturated rings. The van der Waals surface area contributed by atoms with Crippen molar-refractivity contribution in [1.29, 1.82) is 0 Å². The molecule has 0 amide bonds. The van der Waals surface area contributed by atoms with Crippen molar-refractivity contribution in [3.8, 4) is 11.5 Å². The fraction of sp³-hybridized carbons (Fsp3) is 0. The highest BCUT2D eigenvalue weighted by Crippen LogP contribution is 2.24. The van der Waals surface area contributed by atoms with E-state index in [1.165, 1.54) is 12.1 Å². The van der Waals surface area contributed by atoms with E-state index in [2.05, 4.69) is 9.71 Å². The van der Waals surface area contributed by atoms with Crippen LogP contribution in [0.15, 0.2) is 86.9 Å². The molecule has 1 N–H and O–H groups in total. The van der Waals surface area contributed by atoms with E-state index in [9.17, 15) is 23.3 Å². The number of hydrogen-bond donors (Lipinski definition) is 1. The third-order valence-corrected chi connectivity index (χ3v) is 5.65. The van der Waals surface area contributed by atoms with Crippen LogP contribution in [0.5, 0.6) is 0 Å². The topological polar surface area (TPSA) is 132 Å². The van der Waals surface area contributed by atoms with Crippen molar-refractivity contribution < 1.29 is 17.8 Å². The second-order valence-corrected chi connectivity index (χ2v) is 7.94. The number of fused-ring (bicyclic) bond motifs is 1. The number of sulfonamides is 1. The number of hydrogen-bond acceptors (Lipinski definition) is 7. The van der Waals surface area contributed by atoms with Gasteiger partial charge in [0, 0.05) is 23.4 Å². The molecule has 4 rings (SSSR count). The van der Waals surface area contributed by atoms with Crippen molar-refractivity contribution in [1.82, 2.24) is 4.98 Å². The minimum atomic E-state index is -3.98. The summed E-state index contributed by atoms with van der Waals surface area (Å²) < 4.78 is 32.9. The molecule has 0 saturated carbocycles. The third kappa shape index (κ3) is 3.76. The number of para-hydroxylation sites is 1. The summed E-state index contributed by atoms with van der Waals surface area (Å²) in [4.78, 5) is 26.5. The summed E-state index contributed by atoms with van der Waals surface area (Å²) in [6.45, 7) is 0. The molecule has 4 aromatic rings. The highest BCUT2D eigenvalue weighted by atomic mass is 32.2. The largest absolute Gasteiger partial charge is 0.403 e. The van der Waals surface area contributed by atoms with Gasteiger partial charge in [-0.25, -0.2) is 18.2 Å². The maximum atomic E-state index is 12.6. The van der Waals surface area contributed by atoms with Gasteiger partial charge in [-0.15, -0.1) is 0 Å². The Morgan fingerprint density at radius 1 is 0.967 bits per heavy atom. The van der Waals surface area contributed by atoms with Crippen LogP contribution in [0.2, 0.25) is 0 Å². The molecule has 0 aliphatic rings. The van der Waals surface area contributed by atoms with Gasteiger partial charge in [-0.3, -0.25) is 14.8 Å². The Kier molecular flexibility index (Phi) is 4.76. The summed E-state index contributed by atoms with van der Waals surface area (Å²) in [5, 5.41) is 11.1. The van der Waals surface area contributed by atoms with Crippen molar-refractivity contribution in [3.63, 3.8) is 0 Å². The summed E-state index contributed by atoms with van der Waals surface area (Å²) in [6, 6.07) is 17.4. The molecule has 1 aromatic heterocycles. The number of nitrogens with one attached hydrogen (secondary N) is 1. The Morgan fingerprint density at radius 2 is 1.70 bits per heavy atom. The van der Waals surface area contributed by atoms with Crippen molar-refractivity contribution in [2.24, 2.45) is 0 Å². The van der Waals surface area contributed by atoms with Gasteiger partial charge in [-0.2, -0.15) is 0 Å². The molecule has 0 saturated heterocycles. The molecular weight excluding hydrogens is 410 g/mol. The van der Waals surface area contributed by atoms with Crippen LogP contribution in [-0.2, 0) is 10.0 Å². The number of aromatic nitrogens is 1. The summed E-state index contributed by atoms with van der Waals surface area (Å²) in [7, 11) is -3.98. The maximum Gasteiger partial charge on any atom is 0.347 e. The minimum absolute atomic E-state index is 0.0510. The van der Waals surface area contributed by atoms with Gasteiger partial charge in [0.25, 0.3) is 15.7 Å². The quantitative estimate of drug-likeness (QED) is 0.383. The highest BCUT2D eigenvalue weighted by molar-refractivity contribution is 7.92.